The molecule has 2 heterocycles. The summed E-state index contributed by atoms with van der Waals surface area (Å²) >= 11 is 18.1. The van der Waals surface area contributed by atoms with E-state index in [-0.39, 0.29) is 15.9 Å². The predicted molar refractivity (Wildman–Crippen MR) is 88.3 cm³/mol. The number of aromatic amines is 1. The van der Waals surface area contributed by atoms with Crippen LogP contribution in [0.25, 0.3) is 10.9 Å². The number of carboxylic acids is 1. The Morgan fingerprint density at radius 2 is 1.76 bits per heavy atom. The first-order valence-corrected chi connectivity index (χ1v) is 8.09. The van der Waals surface area contributed by atoms with E-state index in [1.165, 1.54) is 12.1 Å². The fraction of sp³-hybridized carbons (Fsp3) is 0.357. The molecule has 5 N–H and O–H groups in total. The van der Waals surface area contributed by atoms with Gasteiger partial charge in [0, 0.05) is 11.5 Å². The number of aliphatic hydroxyl groups excluding tert-OH is 3. The Bertz CT molecular complexity index is 826. The van der Waals surface area contributed by atoms with Gasteiger partial charge in [-0.15, -0.1) is 0 Å². The standard InChI is InChI=1S/C14H12Cl3NO7/c15-4-2-5(16)7(17)8-3(4)1-6(18-8)24-14-11(21)9(19)10(20)12(25-14)13(22)23/h1-2,9-12,14,18-21H,(H,22,23)/t9-,10-,11+,12-,14+/m0/s1. The molecule has 8 nitrogen and oxygen atoms in total. The van der Waals surface area contributed by atoms with E-state index in [2.05, 4.69) is 4.98 Å². The number of hydrogen-bond donors (Lipinski definition) is 5. The third-order valence-electron chi connectivity index (χ3n) is 3.79. The van der Waals surface area contributed by atoms with Crippen LogP contribution in [0.1, 0.15) is 0 Å². The van der Waals surface area contributed by atoms with Gasteiger partial charge < -0.3 is 34.9 Å². The van der Waals surface area contributed by atoms with Gasteiger partial charge >= 0.3 is 5.97 Å². The van der Waals surface area contributed by atoms with Crippen LogP contribution in [0.3, 0.4) is 0 Å². The molecule has 1 aliphatic heterocycles. The predicted octanol–water partition coefficient (Wildman–Crippen LogP) is 1.40. The first kappa shape index (κ1) is 18.5. The Labute approximate surface area is 155 Å². The highest BCUT2D eigenvalue weighted by Crippen LogP contribution is 2.38. The van der Waals surface area contributed by atoms with Crippen molar-refractivity contribution in [2.75, 3.05) is 0 Å². The second kappa shape index (κ2) is 6.81. The van der Waals surface area contributed by atoms with Crippen LogP contribution in [0.4, 0.5) is 0 Å². The Morgan fingerprint density at radius 3 is 2.40 bits per heavy atom. The monoisotopic (exact) mass is 411 g/mol. The van der Waals surface area contributed by atoms with Crippen molar-refractivity contribution in [1.29, 1.82) is 0 Å². The Kier molecular flexibility index (Phi) is 5.04. The zero-order valence-electron chi connectivity index (χ0n) is 12.2. The van der Waals surface area contributed by atoms with Crippen molar-refractivity contribution in [2.45, 2.75) is 30.7 Å². The van der Waals surface area contributed by atoms with Crippen molar-refractivity contribution in [2.24, 2.45) is 0 Å². The molecule has 0 unspecified atom stereocenters. The maximum absolute atomic E-state index is 11.1. The summed E-state index contributed by atoms with van der Waals surface area (Å²) in [6.07, 6.45) is -8.59. The molecule has 0 spiro atoms. The van der Waals surface area contributed by atoms with Gasteiger partial charge in [-0.05, 0) is 6.07 Å². The molecule has 0 bridgehead atoms. The highest BCUT2D eigenvalue weighted by atomic mass is 35.5. The first-order valence-electron chi connectivity index (χ1n) is 6.96. The number of fused-ring (bicyclic) bond motifs is 1. The second-order valence-corrected chi connectivity index (χ2v) is 6.62. The van der Waals surface area contributed by atoms with E-state index in [9.17, 15) is 20.1 Å². The van der Waals surface area contributed by atoms with Crippen molar-refractivity contribution >= 4 is 51.7 Å². The van der Waals surface area contributed by atoms with Crippen molar-refractivity contribution in [1.82, 2.24) is 4.98 Å². The topological polar surface area (TPSA) is 132 Å². The summed E-state index contributed by atoms with van der Waals surface area (Å²) in [6, 6.07) is 2.89. The number of H-pyrrole nitrogens is 1. The number of aromatic nitrogens is 1. The average molecular weight is 413 g/mol. The van der Waals surface area contributed by atoms with Gasteiger partial charge in [-0.1, -0.05) is 34.8 Å². The second-order valence-electron chi connectivity index (χ2n) is 5.43. The number of carboxylic acid groups (broad SMARTS) is 1. The van der Waals surface area contributed by atoms with Crippen LogP contribution in [0.5, 0.6) is 5.88 Å². The number of halogens is 3. The molecular formula is C14H12Cl3NO7. The minimum atomic E-state index is -1.81. The number of benzene rings is 1. The smallest absolute Gasteiger partial charge is 0.335 e. The van der Waals surface area contributed by atoms with Gasteiger partial charge in [0.15, 0.2) is 12.0 Å². The number of aliphatic hydroxyl groups is 3. The van der Waals surface area contributed by atoms with Crippen molar-refractivity contribution in [3.63, 3.8) is 0 Å². The quantitative estimate of drug-likeness (QED) is 0.481. The summed E-state index contributed by atoms with van der Waals surface area (Å²) in [5, 5.41) is 39.6. The minimum Gasteiger partial charge on any atom is -0.479 e. The molecule has 1 aliphatic rings. The minimum absolute atomic E-state index is 0.0397. The molecule has 0 aliphatic carbocycles. The highest BCUT2D eigenvalue weighted by Gasteiger charge is 2.48. The molecule has 3 rings (SSSR count). The summed E-state index contributed by atoms with van der Waals surface area (Å²) in [6.45, 7) is 0. The van der Waals surface area contributed by atoms with Crippen molar-refractivity contribution in [3.05, 3.63) is 27.2 Å². The van der Waals surface area contributed by atoms with Gasteiger partial charge in [-0.25, -0.2) is 4.79 Å². The Balaban J connectivity index is 1.91. The zero-order valence-corrected chi connectivity index (χ0v) is 14.5. The van der Waals surface area contributed by atoms with Gasteiger partial charge in [0.05, 0.1) is 20.6 Å². The zero-order chi connectivity index (χ0) is 18.5. The molecule has 0 amide bonds. The lowest BCUT2D eigenvalue weighted by Crippen LogP contribution is -2.61. The molecule has 0 radical (unpaired) electrons. The molecule has 1 aromatic carbocycles. The van der Waals surface area contributed by atoms with Gasteiger partial charge in [0.2, 0.25) is 6.29 Å². The van der Waals surface area contributed by atoms with E-state index in [0.717, 1.165) is 0 Å². The molecule has 1 saturated heterocycles. The molecule has 1 fully saturated rings. The molecule has 2 aromatic rings. The normalized spacial score (nSPS) is 29.8. The van der Waals surface area contributed by atoms with Crippen molar-refractivity contribution < 1.29 is 34.7 Å². The lowest BCUT2D eigenvalue weighted by atomic mass is 9.99. The number of carbonyl (C=O) groups is 1. The molecule has 136 valence electrons. The van der Waals surface area contributed by atoms with Crippen LogP contribution >= 0.6 is 34.8 Å². The fourth-order valence-corrected chi connectivity index (χ4v) is 3.22. The van der Waals surface area contributed by atoms with Crippen LogP contribution in [0.15, 0.2) is 12.1 Å². The molecule has 0 saturated carbocycles. The number of rotatable bonds is 3. The van der Waals surface area contributed by atoms with Crippen LogP contribution in [-0.4, -0.2) is 62.1 Å². The number of ether oxygens (including phenoxy) is 2. The Hall–Kier alpha value is -1.26. The lowest BCUT2D eigenvalue weighted by Gasteiger charge is -2.38. The van der Waals surface area contributed by atoms with E-state index < -0.39 is 36.7 Å². The average Bonchev–Trinajstić information content (AvgIpc) is 2.97. The van der Waals surface area contributed by atoms with Gasteiger partial charge in [0.1, 0.15) is 18.3 Å². The number of hydrogen-bond acceptors (Lipinski definition) is 6. The maximum Gasteiger partial charge on any atom is 0.335 e. The first-order chi connectivity index (χ1) is 11.7. The number of aliphatic carboxylic acids is 1. The third-order valence-corrected chi connectivity index (χ3v) is 4.89. The molecule has 5 atom stereocenters. The summed E-state index contributed by atoms with van der Waals surface area (Å²) < 4.78 is 10.4. The van der Waals surface area contributed by atoms with Crippen LogP contribution in [0, 0.1) is 0 Å². The highest BCUT2D eigenvalue weighted by molar-refractivity contribution is 6.47. The lowest BCUT2D eigenvalue weighted by molar-refractivity contribution is -0.271. The van der Waals surface area contributed by atoms with Crippen molar-refractivity contribution in [3.8, 4) is 5.88 Å². The van der Waals surface area contributed by atoms with E-state index in [1.54, 1.807) is 0 Å². The molecular weight excluding hydrogens is 401 g/mol. The largest absolute Gasteiger partial charge is 0.479 e. The molecule has 25 heavy (non-hydrogen) atoms. The summed E-state index contributed by atoms with van der Waals surface area (Å²) in [7, 11) is 0. The van der Waals surface area contributed by atoms with Crippen LogP contribution in [-0.2, 0) is 9.53 Å². The summed E-state index contributed by atoms with van der Waals surface area (Å²) in [4.78, 5) is 13.9. The van der Waals surface area contributed by atoms with E-state index >= 15 is 0 Å². The summed E-state index contributed by atoms with van der Waals surface area (Å²) in [5.74, 6) is -1.47. The SMILES string of the molecule is O=C(O)[C@H]1O[C@@H](Oc2cc3c(Cl)cc(Cl)c(Cl)c3[nH]2)[C@H](O)[C@@H](O)[C@@H]1O. The number of nitrogens with one attached hydrogen (secondary N) is 1. The van der Waals surface area contributed by atoms with E-state index in [0.29, 0.717) is 15.9 Å². The van der Waals surface area contributed by atoms with Crippen LogP contribution < -0.4 is 4.74 Å². The van der Waals surface area contributed by atoms with Gasteiger partial charge in [-0.2, -0.15) is 0 Å². The third kappa shape index (κ3) is 3.26. The van der Waals surface area contributed by atoms with Gasteiger partial charge in [0.25, 0.3) is 0 Å². The maximum atomic E-state index is 11.1. The summed E-state index contributed by atoms with van der Waals surface area (Å²) in [5.41, 5.74) is 0.370. The molecule has 1 aromatic heterocycles. The van der Waals surface area contributed by atoms with E-state index in [1.807, 2.05) is 0 Å². The Morgan fingerprint density at radius 1 is 1.08 bits per heavy atom. The molecule has 11 heteroatoms. The van der Waals surface area contributed by atoms with Gasteiger partial charge in [-0.3, -0.25) is 0 Å². The van der Waals surface area contributed by atoms with E-state index in [4.69, 9.17) is 49.4 Å². The van der Waals surface area contributed by atoms with Crippen LogP contribution in [0.2, 0.25) is 15.1 Å². The fourth-order valence-electron chi connectivity index (χ4n) is 2.50.